The highest BCUT2D eigenvalue weighted by Gasteiger charge is 2.27. The standard InChI is InChI=1S/C13H17F3N2O2S/c1-12(2,3)9-6-8(11(19)20)7-10(18-9)17-4-5-21-13(14,15)16/h6-7H,4-5H2,1-3H3,(H,17,18)(H,19,20). The van der Waals surface area contributed by atoms with Gasteiger partial charge in [-0.15, -0.1) is 0 Å². The number of aromatic nitrogens is 1. The third-order valence-corrected chi connectivity index (χ3v) is 3.25. The number of thioether (sulfide) groups is 1. The number of nitrogens with one attached hydrogen (secondary N) is 1. The van der Waals surface area contributed by atoms with Crippen molar-refractivity contribution >= 4 is 23.5 Å². The van der Waals surface area contributed by atoms with Crippen LogP contribution in [0, 0.1) is 0 Å². The molecule has 1 rings (SSSR count). The van der Waals surface area contributed by atoms with E-state index in [9.17, 15) is 18.0 Å². The number of anilines is 1. The second-order valence-corrected chi connectivity index (χ2v) is 6.56. The Bertz CT molecular complexity index is 513. The lowest BCUT2D eigenvalue weighted by Gasteiger charge is -2.19. The molecule has 0 saturated heterocycles. The van der Waals surface area contributed by atoms with Gasteiger partial charge in [-0.3, -0.25) is 0 Å². The number of carbonyl (C=O) groups is 1. The van der Waals surface area contributed by atoms with Gasteiger partial charge in [-0.1, -0.05) is 20.8 Å². The summed E-state index contributed by atoms with van der Waals surface area (Å²) in [5.74, 6) is -1.01. The van der Waals surface area contributed by atoms with E-state index in [4.69, 9.17) is 5.11 Å². The van der Waals surface area contributed by atoms with Crippen LogP contribution in [0.2, 0.25) is 0 Å². The minimum absolute atomic E-state index is 0.0455. The summed E-state index contributed by atoms with van der Waals surface area (Å²) in [7, 11) is 0. The predicted molar refractivity (Wildman–Crippen MR) is 76.9 cm³/mol. The topological polar surface area (TPSA) is 62.2 Å². The first-order valence-electron chi connectivity index (χ1n) is 6.19. The number of hydrogen-bond acceptors (Lipinski definition) is 4. The number of aromatic carboxylic acids is 1. The Hall–Kier alpha value is -1.44. The van der Waals surface area contributed by atoms with Crippen molar-refractivity contribution in [2.45, 2.75) is 31.7 Å². The number of pyridine rings is 1. The first-order chi connectivity index (χ1) is 9.49. The van der Waals surface area contributed by atoms with Crippen LogP contribution in [0.15, 0.2) is 12.1 Å². The van der Waals surface area contributed by atoms with Crippen LogP contribution in [0.5, 0.6) is 0 Å². The quantitative estimate of drug-likeness (QED) is 0.809. The minimum Gasteiger partial charge on any atom is -0.478 e. The average Bonchev–Trinajstić information content (AvgIpc) is 2.32. The lowest BCUT2D eigenvalue weighted by Crippen LogP contribution is -2.17. The highest BCUT2D eigenvalue weighted by atomic mass is 32.2. The van der Waals surface area contributed by atoms with Gasteiger partial charge in [-0.2, -0.15) is 13.2 Å². The zero-order valence-corrected chi connectivity index (χ0v) is 12.7. The van der Waals surface area contributed by atoms with Crippen LogP contribution in [0.25, 0.3) is 0 Å². The number of halogens is 3. The van der Waals surface area contributed by atoms with Crippen molar-refractivity contribution in [1.29, 1.82) is 0 Å². The van der Waals surface area contributed by atoms with Gasteiger partial charge in [0.2, 0.25) is 0 Å². The van der Waals surface area contributed by atoms with E-state index in [0.717, 1.165) is 0 Å². The number of rotatable bonds is 5. The molecule has 0 fully saturated rings. The molecule has 0 aliphatic carbocycles. The summed E-state index contributed by atoms with van der Waals surface area (Å²) in [4.78, 5) is 15.3. The van der Waals surface area contributed by atoms with Crippen LogP contribution < -0.4 is 5.32 Å². The summed E-state index contributed by atoms with van der Waals surface area (Å²) in [6.45, 7) is 5.68. The van der Waals surface area contributed by atoms with Gasteiger partial charge in [0.05, 0.1) is 5.56 Å². The second-order valence-electron chi connectivity index (χ2n) is 5.40. The van der Waals surface area contributed by atoms with Crippen LogP contribution in [0.4, 0.5) is 19.0 Å². The Kier molecular flexibility index (Phi) is 5.49. The summed E-state index contributed by atoms with van der Waals surface area (Å²) in [5.41, 5.74) is -4.01. The average molecular weight is 322 g/mol. The van der Waals surface area contributed by atoms with Crippen LogP contribution in [0.3, 0.4) is 0 Å². The third-order valence-electron chi connectivity index (χ3n) is 2.51. The molecule has 1 aromatic heterocycles. The molecule has 0 amide bonds. The first-order valence-corrected chi connectivity index (χ1v) is 7.18. The zero-order chi connectivity index (χ0) is 16.3. The van der Waals surface area contributed by atoms with Gasteiger partial charge in [-0.25, -0.2) is 9.78 Å². The van der Waals surface area contributed by atoms with Gasteiger partial charge in [0, 0.05) is 23.4 Å². The number of nitrogens with zero attached hydrogens (tertiary/aromatic N) is 1. The summed E-state index contributed by atoms with van der Waals surface area (Å²) in [6, 6.07) is 2.79. The molecule has 4 nitrogen and oxygen atoms in total. The summed E-state index contributed by atoms with van der Waals surface area (Å²) >= 11 is -0.134. The van der Waals surface area contributed by atoms with Gasteiger partial charge < -0.3 is 10.4 Å². The number of hydrogen-bond donors (Lipinski definition) is 2. The lowest BCUT2D eigenvalue weighted by molar-refractivity contribution is -0.0327. The molecule has 0 aliphatic heterocycles. The van der Waals surface area contributed by atoms with E-state index >= 15 is 0 Å². The molecule has 0 saturated carbocycles. The molecule has 118 valence electrons. The van der Waals surface area contributed by atoms with Crippen molar-refractivity contribution < 1.29 is 23.1 Å². The number of carboxylic acid groups (broad SMARTS) is 1. The highest BCUT2D eigenvalue weighted by molar-refractivity contribution is 8.00. The van der Waals surface area contributed by atoms with Crippen LogP contribution >= 0.6 is 11.8 Å². The van der Waals surface area contributed by atoms with Crippen molar-refractivity contribution in [3.63, 3.8) is 0 Å². The monoisotopic (exact) mass is 322 g/mol. The number of alkyl halides is 3. The van der Waals surface area contributed by atoms with Crippen LogP contribution in [-0.2, 0) is 5.41 Å². The summed E-state index contributed by atoms with van der Waals surface area (Å²) in [5, 5.41) is 11.8. The predicted octanol–water partition coefficient (Wildman–Crippen LogP) is 3.74. The van der Waals surface area contributed by atoms with Gasteiger partial charge in [0.1, 0.15) is 5.82 Å². The molecule has 0 unspecified atom stereocenters. The molecule has 21 heavy (non-hydrogen) atoms. The smallest absolute Gasteiger partial charge is 0.441 e. The SMILES string of the molecule is CC(C)(C)c1cc(C(=O)O)cc(NCCSC(F)(F)F)n1. The molecule has 0 aromatic carbocycles. The van der Waals surface area contributed by atoms with E-state index in [-0.39, 0.29) is 40.9 Å². The van der Waals surface area contributed by atoms with Crippen molar-refractivity contribution in [3.05, 3.63) is 23.4 Å². The Labute approximate surface area is 125 Å². The van der Waals surface area contributed by atoms with E-state index in [1.165, 1.54) is 12.1 Å². The molecule has 0 spiro atoms. The van der Waals surface area contributed by atoms with E-state index in [0.29, 0.717) is 5.69 Å². The Morgan fingerprint density at radius 2 is 1.95 bits per heavy atom. The highest BCUT2D eigenvalue weighted by Crippen LogP contribution is 2.29. The van der Waals surface area contributed by atoms with E-state index in [1.807, 2.05) is 20.8 Å². The first kappa shape index (κ1) is 17.6. The molecular formula is C13H17F3N2O2S. The van der Waals surface area contributed by atoms with Crippen LogP contribution in [-0.4, -0.2) is 33.9 Å². The summed E-state index contributed by atoms with van der Waals surface area (Å²) in [6.07, 6.45) is 0. The Balaban J connectivity index is 2.82. The third kappa shape index (κ3) is 6.24. The molecular weight excluding hydrogens is 305 g/mol. The van der Waals surface area contributed by atoms with Crippen molar-refractivity contribution in [3.8, 4) is 0 Å². The fourth-order valence-corrected chi connectivity index (χ4v) is 1.91. The molecule has 0 atom stereocenters. The maximum atomic E-state index is 12.0. The maximum Gasteiger partial charge on any atom is 0.441 e. The molecule has 0 radical (unpaired) electrons. The molecule has 8 heteroatoms. The fraction of sp³-hybridized carbons (Fsp3) is 0.538. The largest absolute Gasteiger partial charge is 0.478 e. The summed E-state index contributed by atoms with van der Waals surface area (Å²) < 4.78 is 36.0. The van der Waals surface area contributed by atoms with Gasteiger partial charge in [0.25, 0.3) is 0 Å². The second kappa shape index (κ2) is 6.55. The van der Waals surface area contributed by atoms with Crippen molar-refractivity contribution in [1.82, 2.24) is 4.98 Å². The fourth-order valence-electron chi connectivity index (χ4n) is 1.47. The van der Waals surface area contributed by atoms with Crippen molar-refractivity contribution in [2.24, 2.45) is 0 Å². The number of carboxylic acids is 1. The Morgan fingerprint density at radius 1 is 1.33 bits per heavy atom. The molecule has 1 aromatic rings. The molecule has 0 bridgehead atoms. The molecule has 1 heterocycles. The van der Waals surface area contributed by atoms with Crippen molar-refractivity contribution in [2.75, 3.05) is 17.6 Å². The zero-order valence-electron chi connectivity index (χ0n) is 11.9. The van der Waals surface area contributed by atoms with Gasteiger partial charge >= 0.3 is 11.5 Å². The van der Waals surface area contributed by atoms with E-state index < -0.39 is 11.5 Å². The molecule has 2 N–H and O–H groups in total. The van der Waals surface area contributed by atoms with Gasteiger partial charge in [-0.05, 0) is 23.9 Å². The lowest BCUT2D eigenvalue weighted by atomic mass is 9.91. The normalized spacial score (nSPS) is 12.3. The minimum atomic E-state index is -4.27. The van der Waals surface area contributed by atoms with Crippen LogP contribution in [0.1, 0.15) is 36.8 Å². The molecule has 0 aliphatic rings. The maximum absolute atomic E-state index is 12.0. The van der Waals surface area contributed by atoms with E-state index in [1.54, 1.807) is 0 Å². The van der Waals surface area contributed by atoms with E-state index in [2.05, 4.69) is 10.3 Å². The van der Waals surface area contributed by atoms with Gasteiger partial charge in [0.15, 0.2) is 0 Å². The Morgan fingerprint density at radius 3 is 2.43 bits per heavy atom.